The van der Waals surface area contributed by atoms with Crippen LogP contribution in [0.15, 0.2) is 30.5 Å². The number of rotatable bonds is 6. The number of carbonyl (C=O) groups is 2. The van der Waals surface area contributed by atoms with Gasteiger partial charge in [0.2, 0.25) is 5.91 Å². The third kappa shape index (κ3) is 4.35. The predicted octanol–water partition coefficient (Wildman–Crippen LogP) is 3.27. The van der Waals surface area contributed by atoms with E-state index in [1.165, 1.54) is 6.07 Å². The molecular formula is C20H23F2N3O2. The highest BCUT2D eigenvalue weighted by Gasteiger charge is 2.28. The second-order valence-corrected chi connectivity index (χ2v) is 7.25. The van der Waals surface area contributed by atoms with E-state index in [2.05, 4.69) is 24.5 Å². The highest BCUT2D eigenvalue weighted by Crippen LogP contribution is 2.30. The van der Waals surface area contributed by atoms with Crippen molar-refractivity contribution in [2.24, 2.45) is 5.92 Å². The molecule has 27 heavy (non-hydrogen) atoms. The number of nitrogens with zero attached hydrogens (tertiary/aromatic N) is 1. The summed E-state index contributed by atoms with van der Waals surface area (Å²) in [5, 5.41) is 5.64. The van der Waals surface area contributed by atoms with Crippen molar-refractivity contribution in [1.82, 2.24) is 15.2 Å². The second kappa shape index (κ2) is 7.90. The monoisotopic (exact) mass is 375 g/mol. The summed E-state index contributed by atoms with van der Waals surface area (Å²) in [6, 6.07) is 4.45. The third-order valence-electron chi connectivity index (χ3n) is 4.68. The Morgan fingerprint density at radius 3 is 2.85 bits per heavy atom. The highest BCUT2D eigenvalue weighted by molar-refractivity contribution is 5.95. The van der Waals surface area contributed by atoms with E-state index in [0.717, 1.165) is 24.6 Å². The quantitative estimate of drug-likeness (QED) is 0.814. The normalized spacial score (nSPS) is 16.2. The first kappa shape index (κ1) is 19.1. The largest absolute Gasteiger partial charge is 0.356 e. The molecule has 1 unspecified atom stereocenters. The van der Waals surface area contributed by atoms with E-state index < -0.39 is 11.6 Å². The minimum atomic E-state index is -0.567. The molecule has 0 saturated heterocycles. The molecule has 0 spiro atoms. The first-order valence-electron chi connectivity index (χ1n) is 9.07. The molecule has 2 aromatic rings. The number of carbonyl (C=O) groups excluding carboxylic acids is 2. The van der Waals surface area contributed by atoms with Gasteiger partial charge in [0.25, 0.3) is 5.91 Å². The Labute approximate surface area is 156 Å². The number of amides is 2. The summed E-state index contributed by atoms with van der Waals surface area (Å²) in [6.45, 7) is 5.08. The molecule has 1 aliphatic heterocycles. The van der Waals surface area contributed by atoms with Crippen LogP contribution in [0.1, 0.15) is 43.2 Å². The van der Waals surface area contributed by atoms with Gasteiger partial charge in [0.05, 0.1) is 6.04 Å². The molecule has 2 amide bonds. The summed E-state index contributed by atoms with van der Waals surface area (Å²) >= 11 is 0. The summed E-state index contributed by atoms with van der Waals surface area (Å²) in [6.07, 6.45) is 2.70. The Balaban J connectivity index is 1.81. The van der Waals surface area contributed by atoms with Crippen molar-refractivity contribution in [3.05, 3.63) is 47.8 Å². The zero-order valence-corrected chi connectivity index (χ0v) is 15.4. The Bertz CT molecular complexity index is 861. The summed E-state index contributed by atoms with van der Waals surface area (Å²) < 4.78 is 29.3. The van der Waals surface area contributed by atoms with Crippen LogP contribution in [0.4, 0.5) is 8.78 Å². The van der Waals surface area contributed by atoms with Gasteiger partial charge in [-0.2, -0.15) is 0 Å². The molecule has 1 aliphatic rings. The van der Waals surface area contributed by atoms with Gasteiger partial charge < -0.3 is 15.2 Å². The van der Waals surface area contributed by atoms with Gasteiger partial charge in [-0.1, -0.05) is 13.8 Å². The van der Waals surface area contributed by atoms with Gasteiger partial charge in [-0.15, -0.1) is 0 Å². The van der Waals surface area contributed by atoms with E-state index >= 15 is 0 Å². The molecule has 1 atom stereocenters. The molecule has 3 rings (SSSR count). The van der Waals surface area contributed by atoms with Gasteiger partial charge >= 0.3 is 0 Å². The molecule has 0 bridgehead atoms. The van der Waals surface area contributed by atoms with E-state index in [9.17, 15) is 18.4 Å². The van der Waals surface area contributed by atoms with E-state index in [4.69, 9.17) is 0 Å². The van der Waals surface area contributed by atoms with Crippen molar-refractivity contribution in [3.63, 3.8) is 0 Å². The number of aromatic nitrogens is 1. The zero-order chi connectivity index (χ0) is 19.6. The van der Waals surface area contributed by atoms with E-state index in [1.54, 1.807) is 10.8 Å². The number of nitrogens with one attached hydrogen (secondary N) is 2. The molecular weight excluding hydrogens is 352 g/mol. The Hall–Kier alpha value is -2.70. The summed E-state index contributed by atoms with van der Waals surface area (Å²) in [5.74, 6) is -1.02. The first-order chi connectivity index (χ1) is 12.8. The number of hydrogen-bond donors (Lipinski definition) is 2. The second-order valence-electron chi connectivity index (χ2n) is 7.25. The number of fused-ring (bicyclic) bond motifs is 1. The van der Waals surface area contributed by atoms with Crippen LogP contribution in [0.3, 0.4) is 0 Å². The highest BCUT2D eigenvalue weighted by atomic mass is 19.1. The van der Waals surface area contributed by atoms with Crippen molar-refractivity contribution in [2.75, 3.05) is 13.1 Å². The van der Waals surface area contributed by atoms with Crippen LogP contribution in [0.2, 0.25) is 0 Å². The molecule has 1 aromatic carbocycles. The van der Waals surface area contributed by atoms with E-state index in [1.807, 2.05) is 0 Å². The SMILES string of the molecule is CC(C)CCNC(=O)CC1CNC(=O)c2cc(-c3cc(F)ccc3F)cn21. The molecule has 7 heteroatoms. The Kier molecular flexibility index (Phi) is 5.58. The fourth-order valence-electron chi connectivity index (χ4n) is 3.19. The zero-order valence-electron chi connectivity index (χ0n) is 15.4. The molecule has 144 valence electrons. The van der Waals surface area contributed by atoms with Crippen LogP contribution in [-0.4, -0.2) is 29.5 Å². The number of halogens is 2. The number of hydrogen-bond acceptors (Lipinski definition) is 2. The summed E-state index contributed by atoms with van der Waals surface area (Å²) in [7, 11) is 0. The topological polar surface area (TPSA) is 63.1 Å². The predicted molar refractivity (Wildman–Crippen MR) is 98.2 cm³/mol. The van der Waals surface area contributed by atoms with Crippen molar-refractivity contribution >= 4 is 11.8 Å². The maximum absolute atomic E-state index is 14.1. The van der Waals surface area contributed by atoms with Gasteiger partial charge in [-0.25, -0.2) is 8.78 Å². The van der Waals surface area contributed by atoms with E-state index in [0.29, 0.717) is 30.3 Å². The van der Waals surface area contributed by atoms with Gasteiger partial charge in [-0.3, -0.25) is 9.59 Å². The van der Waals surface area contributed by atoms with Crippen molar-refractivity contribution in [1.29, 1.82) is 0 Å². The molecule has 0 saturated carbocycles. The van der Waals surface area contributed by atoms with Crippen molar-refractivity contribution in [3.8, 4) is 11.1 Å². The molecule has 1 aromatic heterocycles. The Morgan fingerprint density at radius 1 is 1.33 bits per heavy atom. The maximum Gasteiger partial charge on any atom is 0.268 e. The molecule has 2 heterocycles. The first-order valence-corrected chi connectivity index (χ1v) is 9.07. The fraction of sp³-hybridized carbons (Fsp3) is 0.400. The fourth-order valence-corrected chi connectivity index (χ4v) is 3.19. The van der Waals surface area contributed by atoms with Gasteiger partial charge in [-0.05, 0) is 36.6 Å². The van der Waals surface area contributed by atoms with Crippen molar-refractivity contribution < 1.29 is 18.4 Å². The number of benzene rings is 1. The van der Waals surface area contributed by atoms with Crippen molar-refractivity contribution in [2.45, 2.75) is 32.7 Å². The van der Waals surface area contributed by atoms with Crippen LogP contribution in [0.5, 0.6) is 0 Å². The van der Waals surface area contributed by atoms with Crippen LogP contribution in [-0.2, 0) is 4.79 Å². The van der Waals surface area contributed by atoms with Crippen LogP contribution >= 0.6 is 0 Å². The Morgan fingerprint density at radius 2 is 2.11 bits per heavy atom. The summed E-state index contributed by atoms with van der Waals surface area (Å²) in [5.41, 5.74) is 0.828. The van der Waals surface area contributed by atoms with Crippen LogP contribution in [0.25, 0.3) is 11.1 Å². The molecule has 0 fully saturated rings. The van der Waals surface area contributed by atoms with E-state index in [-0.39, 0.29) is 29.8 Å². The average molecular weight is 375 g/mol. The lowest BCUT2D eigenvalue weighted by molar-refractivity contribution is -0.121. The van der Waals surface area contributed by atoms with Gasteiger partial charge in [0, 0.05) is 36.8 Å². The summed E-state index contributed by atoms with van der Waals surface area (Å²) in [4.78, 5) is 24.4. The smallest absolute Gasteiger partial charge is 0.268 e. The average Bonchev–Trinajstić information content (AvgIpc) is 3.05. The molecule has 5 nitrogen and oxygen atoms in total. The lowest BCUT2D eigenvalue weighted by Crippen LogP contribution is -2.40. The standard InChI is InChI=1S/C20H23F2N3O2/c1-12(2)5-6-23-19(26)9-15-10-24-20(27)18-7-13(11-25(15)18)16-8-14(21)3-4-17(16)22/h3-4,7-8,11-12,15H,5-6,9-10H2,1-2H3,(H,23,26)(H,24,27). The lowest BCUT2D eigenvalue weighted by atomic mass is 10.1. The third-order valence-corrected chi connectivity index (χ3v) is 4.68. The maximum atomic E-state index is 14.1. The minimum absolute atomic E-state index is 0.0878. The molecule has 0 radical (unpaired) electrons. The van der Waals surface area contributed by atoms with Gasteiger partial charge in [0.1, 0.15) is 17.3 Å². The minimum Gasteiger partial charge on any atom is -0.356 e. The molecule has 2 N–H and O–H groups in total. The van der Waals surface area contributed by atoms with Gasteiger partial charge in [0.15, 0.2) is 0 Å². The van der Waals surface area contributed by atoms with Crippen LogP contribution in [0, 0.1) is 17.6 Å². The molecule has 0 aliphatic carbocycles. The van der Waals surface area contributed by atoms with Crippen LogP contribution < -0.4 is 10.6 Å². The lowest BCUT2D eigenvalue weighted by Gasteiger charge is -2.26.